The van der Waals surface area contributed by atoms with E-state index in [1.54, 1.807) is 0 Å². The Morgan fingerprint density at radius 3 is 1.09 bits per heavy atom. The van der Waals surface area contributed by atoms with Gasteiger partial charge in [0.15, 0.2) is 10.9 Å². The Balaban J connectivity index is 1.13. The SMILES string of the molecule is Cn1c2ccc(-c3cc4ccccc4c4ccccc34)cc2c(=O)c2cc3c(cc21)c(=O)c1cc(-c2cc4ccccc4c4ccccc24)ccc1n3C. The van der Waals surface area contributed by atoms with E-state index >= 15 is 0 Å². The molecule has 0 saturated carbocycles. The maximum atomic E-state index is 14.5. The van der Waals surface area contributed by atoms with E-state index < -0.39 is 0 Å². The van der Waals surface area contributed by atoms with Crippen molar-refractivity contribution in [3.63, 3.8) is 0 Å². The van der Waals surface area contributed by atoms with E-state index in [1.165, 1.54) is 21.5 Å². The lowest BCUT2D eigenvalue weighted by Crippen LogP contribution is -2.13. The summed E-state index contributed by atoms with van der Waals surface area (Å²) < 4.78 is 4.10. The minimum atomic E-state index is -0.0435. The van der Waals surface area contributed by atoms with Crippen LogP contribution in [0.25, 0.3) is 109 Å². The molecular weight excluding hydrogens is 661 g/mol. The molecule has 0 saturated heterocycles. The monoisotopic (exact) mass is 692 g/mol. The van der Waals surface area contributed by atoms with E-state index in [0.29, 0.717) is 21.5 Å². The van der Waals surface area contributed by atoms with E-state index in [-0.39, 0.29) is 10.9 Å². The zero-order valence-electron chi connectivity index (χ0n) is 29.7. The molecule has 0 amide bonds. The first-order valence-corrected chi connectivity index (χ1v) is 18.3. The number of aryl methyl sites for hydroxylation is 2. The van der Waals surface area contributed by atoms with Crippen molar-refractivity contribution in [1.29, 1.82) is 0 Å². The number of rotatable bonds is 2. The second-order valence-corrected chi connectivity index (χ2v) is 14.5. The molecule has 11 rings (SSSR count). The quantitative estimate of drug-likeness (QED) is 0.134. The second kappa shape index (κ2) is 11.2. The average molecular weight is 693 g/mol. The summed E-state index contributed by atoms with van der Waals surface area (Å²) in [6, 6.07) is 54.5. The highest BCUT2D eigenvalue weighted by molar-refractivity contribution is 6.16. The summed E-state index contributed by atoms with van der Waals surface area (Å²) in [4.78, 5) is 29.0. The molecule has 0 fully saturated rings. The summed E-state index contributed by atoms with van der Waals surface area (Å²) in [5.41, 5.74) is 7.20. The van der Waals surface area contributed by atoms with E-state index in [2.05, 4.69) is 130 Å². The molecule has 0 unspecified atom stereocenters. The van der Waals surface area contributed by atoms with Crippen molar-refractivity contribution in [3.8, 4) is 22.3 Å². The molecule has 11 aromatic rings. The van der Waals surface area contributed by atoms with Gasteiger partial charge in [0.1, 0.15) is 0 Å². The lowest BCUT2D eigenvalue weighted by molar-refractivity contribution is 0.994. The van der Waals surface area contributed by atoms with Gasteiger partial charge < -0.3 is 9.13 Å². The van der Waals surface area contributed by atoms with Gasteiger partial charge in [0.2, 0.25) is 0 Å². The van der Waals surface area contributed by atoms with Crippen molar-refractivity contribution >= 4 is 86.7 Å². The molecule has 0 aliphatic rings. The van der Waals surface area contributed by atoms with Gasteiger partial charge in [-0.1, -0.05) is 109 Å². The highest BCUT2D eigenvalue weighted by Crippen LogP contribution is 2.38. The van der Waals surface area contributed by atoms with Crippen LogP contribution < -0.4 is 10.9 Å². The van der Waals surface area contributed by atoms with E-state index in [4.69, 9.17) is 0 Å². The van der Waals surface area contributed by atoms with Crippen molar-refractivity contribution in [2.45, 2.75) is 0 Å². The molecule has 0 bridgehead atoms. The van der Waals surface area contributed by atoms with Crippen LogP contribution in [0.3, 0.4) is 0 Å². The Hall–Kier alpha value is -7.04. The van der Waals surface area contributed by atoms with E-state index in [9.17, 15) is 9.59 Å². The molecule has 0 aliphatic carbocycles. The number of nitrogens with zero attached hydrogens (tertiary/aromatic N) is 2. The summed E-state index contributed by atoms with van der Waals surface area (Å²) in [6.45, 7) is 0. The first-order chi connectivity index (χ1) is 26.4. The fourth-order valence-corrected chi connectivity index (χ4v) is 8.99. The topological polar surface area (TPSA) is 44.0 Å². The van der Waals surface area contributed by atoms with Gasteiger partial charge in [-0.2, -0.15) is 0 Å². The Morgan fingerprint density at radius 1 is 0.315 bits per heavy atom. The second-order valence-electron chi connectivity index (χ2n) is 14.5. The molecule has 2 heterocycles. The van der Waals surface area contributed by atoms with Crippen molar-refractivity contribution < 1.29 is 0 Å². The van der Waals surface area contributed by atoms with Crippen LogP contribution in [0.5, 0.6) is 0 Å². The van der Waals surface area contributed by atoms with Crippen LogP contribution >= 0.6 is 0 Å². The number of aromatic nitrogens is 2. The summed E-state index contributed by atoms with van der Waals surface area (Å²) >= 11 is 0. The molecular formula is C50H32N2O2. The summed E-state index contributed by atoms with van der Waals surface area (Å²) in [5.74, 6) is 0. The third kappa shape index (κ3) is 4.25. The number of hydrogen-bond acceptors (Lipinski definition) is 2. The molecule has 2 aromatic heterocycles. The maximum Gasteiger partial charge on any atom is 0.197 e. The van der Waals surface area contributed by atoms with Gasteiger partial charge in [-0.05, 0) is 114 Å². The molecule has 0 aliphatic heterocycles. The molecule has 54 heavy (non-hydrogen) atoms. The van der Waals surface area contributed by atoms with Gasteiger partial charge in [0.05, 0.1) is 22.1 Å². The van der Waals surface area contributed by atoms with Crippen LogP contribution in [0, 0.1) is 0 Å². The van der Waals surface area contributed by atoms with Crippen molar-refractivity contribution in [1.82, 2.24) is 9.13 Å². The maximum absolute atomic E-state index is 14.5. The highest BCUT2D eigenvalue weighted by atomic mass is 16.1. The van der Waals surface area contributed by atoms with Crippen LogP contribution in [-0.2, 0) is 14.1 Å². The Kier molecular flexibility index (Phi) is 6.36. The predicted molar refractivity (Wildman–Crippen MR) is 228 cm³/mol. The molecule has 0 spiro atoms. The average Bonchev–Trinajstić information content (AvgIpc) is 3.23. The first-order valence-electron chi connectivity index (χ1n) is 18.3. The van der Waals surface area contributed by atoms with Crippen molar-refractivity contribution in [3.05, 3.63) is 178 Å². The van der Waals surface area contributed by atoms with Crippen LogP contribution in [0.2, 0.25) is 0 Å². The fourth-order valence-electron chi connectivity index (χ4n) is 8.99. The number of hydrogen-bond donors (Lipinski definition) is 0. The minimum absolute atomic E-state index is 0.0435. The predicted octanol–water partition coefficient (Wildman–Crippen LogP) is 11.6. The zero-order valence-corrected chi connectivity index (χ0v) is 29.7. The molecule has 0 radical (unpaired) electrons. The summed E-state index contributed by atoms with van der Waals surface area (Å²) in [7, 11) is 3.96. The molecule has 254 valence electrons. The fraction of sp³-hybridized carbons (Fsp3) is 0.0400. The molecule has 0 N–H and O–H groups in total. The van der Waals surface area contributed by atoms with Gasteiger partial charge in [-0.25, -0.2) is 0 Å². The lowest BCUT2D eigenvalue weighted by Gasteiger charge is -2.16. The Morgan fingerprint density at radius 2 is 0.667 bits per heavy atom. The third-order valence-electron chi connectivity index (χ3n) is 11.7. The van der Waals surface area contributed by atoms with Gasteiger partial charge in [0.25, 0.3) is 0 Å². The largest absolute Gasteiger partial charge is 0.343 e. The lowest BCUT2D eigenvalue weighted by atomic mass is 9.92. The van der Waals surface area contributed by atoms with Crippen LogP contribution in [0.4, 0.5) is 0 Å². The van der Waals surface area contributed by atoms with E-state index in [0.717, 1.165) is 65.9 Å². The number of pyridine rings is 2. The van der Waals surface area contributed by atoms with Crippen LogP contribution in [0.15, 0.2) is 167 Å². The standard InChI is InChI=1S/C50H32N2O2/c1-51-45-21-19-31(39-23-29-11-3-5-13-33(29)35-15-7-9-17-37(35)39)25-41(45)49(53)43-28-48-44(27-47(43)51)50(54)42-26-32(20-22-46(42)52(48)2)40-24-30-12-4-6-14-34(30)36-16-8-10-18-38(36)40/h3-28H,1-2H3. The van der Waals surface area contributed by atoms with Crippen molar-refractivity contribution in [2.24, 2.45) is 14.1 Å². The van der Waals surface area contributed by atoms with Gasteiger partial charge in [-0.15, -0.1) is 0 Å². The van der Waals surface area contributed by atoms with Crippen LogP contribution in [0.1, 0.15) is 0 Å². The number of benzene rings is 9. The summed E-state index contributed by atoms with van der Waals surface area (Å²) in [6.07, 6.45) is 0. The minimum Gasteiger partial charge on any atom is -0.343 e. The van der Waals surface area contributed by atoms with Crippen molar-refractivity contribution in [2.75, 3.05) is 0 Å². The Bertz CT molecular complexity index is 3330. The Labute approximate surface area is 309 Å². The molecule has 0 atom stereocenters. The molecule has 9 aromatic carbocycles. The normalized spacial score (nSPS) is 12.0. The summed E-state index contributed by atoms with van der Waals surface area (Å²) in [5, 5.41) is 11.9. The van der Waals surface area contributed by atoms with Gasteiger partial charge in [-0.3, -0.25) is 9.59 Å². The van der Waals surface area contributed by atoms with Crippen LogP contribution in [-0.4, -0.2) is 9.13 Å². The van der Waals surface area contributed by atoms with Gasteiger partial charge >= 0.3 is 0 Å². The third-order valence-corrected chi connectivity index (χ3v) is 11.7. The zero-order chi connectivity index (χ0) is 36.2. The van der Waals surface area contributed by atoms with E-state index in [1.807, 2.05) is 50.5 Å². The molecule has 4 heteroatoms. The smallest absolute Gasteiger partial charge is 0.197 e. The first kappa shape index (κ1) is 30.6. The number of fused-ring (bicyclic) bond motifs is 10. The highest BCUT2D eigenvalue weighted by Gasteiger charge is 2.18. The molecule has 4 nitrogen and oxygen atoms in total. The van der Waals surface area contributed by atoms with Gasteiger partial charge in [0, 0.05) is 35.6 Å².